The molecule has 5 heteroatoms. The molecule has 5 rings (SSSR count). The Kier molecular flexibility index (Phi) is 6.59. The Morgan fingerprint density at radius 2 is 1.62 bits per heavy atom. The van der Waals surface area contributed by atoms with Crippen LogP contribution in [0.3, 0.4) is 0 Å². The minimum Gasteiger partial charge on any atom is -0.493 e. The molecule has 2 N–H and O–H groups in total. The van der Waals surface area contributed by atoms with Crippen LogP contribution in [0.2, 0.25) is 5.02 Å². The Balaban J connectivity index is 1.59. The summed E-state index contributed by atoms with van der Waals surface area (Å²) in [6, 6.07) is 23.7. The zero-order valence-electron chi connectivity index (χ0n) is 19.3. The number of ketones is 1. The molecule has 3 aromatic rings. The second kappa shape index (κ2) is 9.94. The summed E-state index contributed by atoms with van der Waals surface area (Å²) in [7, 11) is 0. The number of hydrogen-bond donors (Lipinski definition) is 2. The maximum absolute atomic E-state index is 13.8. The van der Waals surface area contributed by atoms with E-state index in [4.69, 9.17) is 16.3 Å². The van der Waals surface area contributed by atoms with Crippen molar-refractivity contribution in [2.75, 3.05) is 17.2 Å². The molecular weight excluding hydrogens is 444 g/mol. The van der Waals surface area contributed by atoms with Gasteiger partial charge >= 0.3 is 0 Å². The zero-order chi connectivity index (χ0) is 23.5. The Bertz CT molecular complexity index is 1240. The number of rotatable bonds is 6. The summed E-state index contributed by atoms with van der Waals surface area (Å²) in [5.74, 6) is 0.988. The number of para-hydroxylation sites is 3. The number of benzene rings is 3. The van der Waals surface area contributed by atoms with Gasteiger partial charge in [-0.25, -0.2) is 0 Å². The topological polar surface area (TPSA) is 50.4 Å². The second-order valence-corrected chi connectivity index (χ2v) is 9.34. The first kappa shape index (κ1) is 22.5. The molecule has 0 saturated carbocycles. The molecule has 3 aromatic carbocycles. The van der Waals surface area contributed by atoms with Crippen molar-refractivity contribution in [1.82, 2.24) is 0 Å². The number of carbonyl (C=O) groups excluding carboxylic acids is 1. The van der Waals surface area contributed by atoms with Crippen molar-refractivity contribution in [3.63, 3.8) is 0 Å². The molecule has 4 nitrogen and oxygen atoms in total. The number of Topliss-reactive ketones (excluding diaryl/α,β-unsaturated/α-hetero) is 1. The summed E-state index contributed by atoms with van der Waals surface area (Å²) >= 11 is 6.52. The summed E-state index contributed by atoms with van der Waals surface area (Å²) in [5.41, 5.74) is 5.67. The maximum Gasteiger partial charge on any atom is 0.163 e. The lowest BCUT2D eigenvalue weighted by Crippen LogP contribution is -2.27. The van der Waals surface area contributed by atoms with E-state index < -0.39 is 0 Å². The monoisotopic (exact) mass is 472 g/mol. The molecule has 2 aliphatic rings. The number of ether oxygens (including phenoxy) is 1. The molecule has 2 unspecified atom stereocenters. The molecule has 2 atom stereocenters. The molecule has 34 heavy (non-hydrogen) atoms. The van der Waals surface area contributed by atoms with E-state index in [1.807, 2.05) is 66.7 Å². The summed E-state index contributed by atoms with van der Waals surface area (Å²) in [4.78, 5) is 13.8. The van der Waals surface area contributed by atoms with E-state index in [0.29, 0.717) is 18.1 Å². The molecular formula is C29H29ClN2O2. The first-order valence-electron chi connectivity index (χ1n) is 12.0. The van der Waals surface area contributed by atoms with Gasteiger partial charge in [0.2, 0.25) is 0 Å². The van der Waals surface area contributed by atoms with Crippen LogP contribution in [0, 0.1) is 0 Å². The highest BCUT2D eigenvalue weighted by atomic mass is 35.5. The molecule has 0 saturated heterocycles. The number of allylic oxidation sites excluding steroid dienone is 1. The summed E-state index contributed by atoms with van der Waals surface area (Å²) in [6.07, 6.45) is 3.20. The highest BCUT2D eigenvalue weighted by molar-refractivity contribution is 6.31. The van der Waals surface area contributed by atoms with Crippen LogP contribution in [-0.4, -0.2) is 12.4 Å². The fourth-order valence-electron chi connectivity index (χ4n) is 4.93. The fourth-order valence-corrected chi connectivity index (χ4v) is 5.22. The van der Waals surface area contributed by atoms with Gasteiger partial charge in [0.1, 0.15) is 5.75 Å². The van der Waals surface area contributed by atoms with E-state index in [1.165, 1.54) is 0 Å². The van der Waals surface area contributed by atoms with Crippen molar-refractivity contribution in [2.45, 2.75) is 44.6 Å². The van der Waals surface area contributed by atoms with E-state index >= 15 is 0 Å². The lowest BCUT2D eigenvalue weighted by Gasteiger charge is -2.30. The number of halogens is 1. The predicted molar refractivity (Wildman–Crippen MR) is 139 cm³/mol. The first-order chi connectivity index (χ1) is 16.7. The van der Waals surface area contributed by atoms with E-state index in [0.717, 1.165) is 58.8 Å². The number of anilines is 2. The third-order valence-electron chi connectivity index (χ3n) is 6.64. The van der Waals surface area contributed by atoms with Crippen LogP contribution in [0.25, 0.3) is 0 Å². The molecule has 0 radical (unpaired) electrons. The average Bonchev–Trinajstić information content (AvgIpc) is 3.01. The normalized spacial score (nSPS) is 19.4. The minimum absolute atomic E-state index is 0.0365. The van der Waals surface area contributed by atoms with Crippen molar-refractivity contribution < 1.29 is 9.53 Å². The summed E-state index contributed by atoms with van der Waals surface area (Å²) < 4.78 is 6.17. The van der Waals surface area contributed by atoms with Crippen molar-refractivity contribution in [1.29, 1.82) is 0 Å². The summed E-state index contributed by atoms with van der Waals surface area (Å²) in [6.45, 7) is 2.81. The van der Waals surface area contributed by atoms with Gasteiger partial charge in [0.05, 0.1) is 24.0 Å². The van der Waals surface area contributed by atoms with Crippen molar-refractivity contribution in [3.8, 4) is 5.75 Å². The fraction of sp³-hybridized carbons (Fsp3) is 0.276. The quantitative estimate of drug-likeness (QED) is 0.365. The molecule has 1 aliphatic carbocycles. The lowest BCUT2D eigenvalue weighted by molar-refractivity contribution is -0.116. The highest BCUT2D eigenvalue weighted by Crippen LogP contribution is 2.46. The Morgan fingerprint density at radius 1 is 0.912 bits per heavy atom. The third-order valence-corrected chi connectivity index (χ3v) is 6.98. The van der Waals surface area contributed by atoms with Crippen LogP contribution in [0.1, 0.15) is 55.7 Å². The second-order valence-electron chi connectivity index (χ2n) is 8.93. The molecule has 0 amide bonds. The third kappa shape index (κ3) is 4.43. The standard InChI is InChI=1S/C29H29ClN2O2/c1-2-3-16-34-27-15-9-5-11-21(27)29-28-25(31-23-13-7-8-14-24(23)32-29)17-19(18-26(28)33)20-10-4-6-12-22(20)30/h4-15,19,29,31-32H,2-3,16-18H2,1H3. The Hall–Kier alpha value is -3.24. The first-order valence-corrected chi connectivity index (χ1v) is 12.4. The molecule has 0 bridgehead atoms. The smallest absolute Gasteiger partial charge is 0.163 e. The molecule has 0 aromatic heterocycles. The van der Waals surface area contributed by atoms with Gasteiger partial charge < -0.3 is 15.4 Å². The van der Waals surface area contributed by atoms with E-state index in [1.54, 1.807) is 0 Å². The van der Waals surface area contributed by atoms with Crippen molar-refractivity contribution in [3.05, 3.63) is 100 Å². The SMILES string of the molecule is CCCCOc1ccccc1C1Nc2ccccc2NC2=C1C(=O)CC(c1ccccc1Cl)C2. The van der Waals surface area contributed by atoms with Crippen molar-refractivity contribution in [2.24, 2.45) is 0 Å². The number of hydrogen-bond acceptors (Lipinski definition) is 4. The Labute approximate surface area is 206 Å². The largest absolute Gasteiger partial charge is 0.493 e. The minimum atomic E-state index is -0.302. The molecule has 174 valence electrons. The van der Waals surface area contributed by atoms with Gasteiger partial charge in [-0.1, -0.05) is 73.5 Å². The molecule has 1 heterocycles. The van der Waals surface area contributed by atoms with E-state index in [9.17, 15) is 4.79 Å². The average molecular weight is 473 g/mol. The van der Waals surface area contributed by atoms with Crippen LogP contribution in [-0.2, 0) is 4.79 Å². The number of nitrogens with one attached hydrogen (secondary N) is 2. The van der Waals surface area contributed by atoms with Gasteiger partial charge in [0.15, 0.2) is 5.78 Å². The molecule has 1 aliphatic heterocycles. The van der Waals surface area contributed by atoms with Crippen LogP contribution in [0.15, 0.2) is 84.1 Å². The lowest BCUT2D eigenvalue weighted by atomic mass is 9.78. The van der Waals surface area contributed by atoms with Crippen LogP contribution >= 0.6 is 11.6 Å². The molecule has 0 spiro atoms. The van der Waals surface area contributed by atoms with Gasteiger partial charge in [-0.05, 0) is 48.6 Å². The molecule has 0 fully saturated rings. The number of fused-ring (bicyclic) bond motifs is 1. The Morgan fingerprint density at radius 3 is 2.41 bits per heavy atom. The van der Waals surface area contributed by atoms with E-state index in [2.05, 4.69) is 23.6 Å². The van der Waals surface area contributed by atoms with E-state index in [-0.39, 0.29) is 17.7 Å². The van der Waals surface area contributed by atoms with Gasteiger partial charge in [-0.15, -0.1) is 0 Å². The number of unbranched alkanes of at least 4 members (excludes halogenated alkanes) is 1. The summed E-state index contributed by atoms with van der Waals surface area (Å²) in [5, 5.41) is 7.96. The maximum atomic E-state index is 13.8. The van der Waals surface area contributed by atoms with Crippen molar-refractivity contribution >= 4 is 28.8 Å². The number of carbonyl (C=O) groups is 1. The zero-order valence-corrected chi connectivity index (χ0v) is 20.1. The van der Waals surface area contributed by atoms with Crippen LogP contribution in [0.4, 0.5) is 11.4 Å². The van der Waals surface area contributed by atoms with Crippen LogP contribution < -0.4 is 15.4 Å². The van der Waals surface area contributed by atoms with Gasteiger partial charge in [0.25, 0.3) is 0 Å². The van der Waals surface area contributed by atoms with Gasteiger partial charge in [0, 0.05) is 28.3 Å². The van der Waals surface area contributed by atoms with Crippen LogP contribution in [0.5, 0.6) is 5.75 Å². The van der Waals surface area contributed by atoms with Gasteiger partial charge in [-0.2, -0.15) is 0 Å². The van der Waals surface area contributed by atoms with Gasteiger partial charge in [-0.3, -0.25) is 4.79 Å². The highest BCUT2D eigenvalue weighted by Gasteiger charge is 2.37. The predicted octanol–water partition coefficient (Wildman–Crippen LogP) is 7.50.